The molecule has 0 saturated carbocycles. The molecular formula is C12H17N3O4. The van der Waals surface area contributed by atoms with Gasteiger partial charge in [-0.25, -0.2) is 0 Å². The van der Waals surface area contributed by atoms with E-state index in [1.807, 2.05) is 0 Å². The minimum atomic E-state index is -0.490. The fraction of sp³-hybridized carbons (Fsp3) is 0.333. The average Bonchev–Trinajstić information content (AvgIpc) is 2.41. The highest BCUT2D eigenvalue weighted by Crippen LogP contribution is 2.13. The second-order valence-electron chi connectivity index (χ2n) is 3.76. The van der Waals surface area contributed by atoms with Crippen molar-refractivity contribution in [3.63, 3.8) is 0 Å². The van der Waals surface area contributed by atoms with Crippen molar-refractivity contribution < 1.29 is 19.8 Å². The molecule has 1 rings (SSSR count). The molecule has 0 fully saturated rings. The SMILES string of the molecule is Nc1ccc(C(=O)NCCO)c(C(=O)NCCO)c1. The van der Waals surface area contributed by atoms with Gasteiger partial charge in [0.2, 0.25) is 0 Å². The van der Waals surface area contributed by atoms with Gasteiger partial charge in [0, 0.05) is 18.8 Å². The molecule has 1 aromatic rings. The van der Waals surface area contributed by atoms with E-state index in [2.05, 4.69) is 10.6 Å². The number of hydrogen-bond donors (Lipinski definition) is 5. The van der Waals surface area contributed by atoms with Gasteiger partial charge in [-0.05, 0) is 18.2 Å². The number of anilines is 1. The molecule has 0 atom stereocenters. The highest BCUT2D eigenvalue weighted by atomic mass is 16.3. The van der Waals surface area contributed by atoms with Crippen LogP contribution in [0.15, 0.2) is 18.2 Å². The maximum atomic E-state index is 11.8. The minimum Gasteiger partial charge on any atom is -0.399 e. The molecule has 7 nitrogen and oxygen atoms in total. The Morgan fingerprint density at radius 1 is 1.00 bits per heavy atom. The molecule has 0 heterocycles. The molecule has 2 amide bonds. The van der Waals surface area contributed by atoms with Gasteiger partial charge in [-0.3, -0.25) is 9.59 Å². The molecule has 0 unspecified atom stereocenters. The molecule has 0 aliphatic carbocycles. The molecule has 0 radical (unpaired) electrons. The second kappa shape index (κ2) is 7.34. The molecule has 0 aliphatic heterocycles. The van der Waals surface area contributed by atoms with Crippen LogP contribution in [-0.4, -0.2) is 48.3 Å². The Kier molecular flexibility index (Phi) is 5.77. The van der Waals surface area contributed by atoms with Crippen molar-refractivity contribution in [1.29, 1.82) is 0 Å². The lowest BCUT2D eigenvalue weighted by molar-refractivity contribution is 0.0911. The number of benzene rings is 1. The Morgan fingerprint density at radius 2 is 1.53 bits per heavy atom. The summed E-state index contributed by atoms with van der Waals surface area (Å²) < 4.78 is 0. The molecule has 0 aliphatic rings. The highest BCUT2D eigenvalue weighted by Gasteiger charge is 2.16. The Labute approximate surface area is 110 Å². The average molecular weight is 267 g/mol. The zero-order valence-corrected chi connectivity index (χ0v) is 10.3. The van der Waals surface area contributed by atoms with Crippen LogP contribution in [0, 0.1) is 0 Å². The third-order valence-electron chi connectivity index (χ3n) is 2.33. The van der Waals surface area contributed by atoms with Crippen molar-refractivity contribution in [2.75, 3.05) is 32.0 Å². The van der Waals surface area contributed by atoms with Gasteiger partial charge >= 0.3 is 0 Å². The Balaban J connectivity index is 2.97. The number of hydrogen-bond acceptors (Lipinski definition) is 5. The van der Waals surface area contributed by atoms with Crippen LogP contribution in [0.3, 0.4) is 0 Å². The fourth-order valence-electron chi connectivity index (χ4n) is 1.48. The van der Waals surface area contributed by atoms with Crippen LogP contribution in [0.5, 0.6) is 0 Å². The smallest absolute Gasteiger partial charge is 0.252 e. The summed E-state index contributed by atoms with van der Waals surface area (Å²) in [6.07, 6.45) is 0. The van der Waals surface area contributed by atoms with E-state index in [4.69, 9.17) is 15.9 Å². The van der Waals surface area contributed by atoms with Crippen LogP contribution in [0.1, 0.15) is 20.7 Å². The van der Waals surface area contributed by atoms with E-state index in [1.165, 1.54) is 18.2 Å². The van der Waals surface area contributed by atoms with E-state index >= 15 is 0 Å². The lowest BCUT2D eigenvalue weighted by Crippen LogP contribution is -2.32. The number of amides is 2. The summed E-state index contributed by atoms with van der Waals surface area (Å²) >= 11 is 0. The summed E-state index contributed by atoms with van der Waals surface area (Å²) in [4.78, 5) is 23.7. The Hall–Kier alpha value is -2.12. The molecule has 6 N–H and O–H groups in total. The van der Waals surface area contributed by atoms with E-state index < -0.39 is 11.8 Å². The molecule has 0 aromatic heterocycles. The Bertz CT molecular complexity index is 462. The number of rotatable bonds is 6. The number of nitrogens with one attached hydrogen (secondary N) is 2. The zero-order valence-electron chi connectivity index (χ0n) is 10.3. The van der Waals surface area contributed by atoms with Gasteiger partial charge in [0.15, 0.2) is 0 Å². The maximum Gasteiger partial charge on any atom is 0.252 e. The monoisotopic (exact) mass is 267 g/mol. The van der Waals surface area contributed by atoms with E-state index in [0.29, 0.717) is 5.69 Å². The molecule has 104 valence electrons. The summed E-state index contributed by atoms with van der Waals surface area (Å²) in [5.74, 6) is -0.960. The molecule has 0 spiro atoms. The van der Waals surface area contributed by atoms with Crippen molar-refractivity contribution in [3.05, 3.63) is 29.3 Å². The van der Waals surface area contributed by atoms with Crippen LogP contribution in [-0.2, 0) is 0 Å². The van der Waals surface area contributed by atoms with Crippen molar-refractivity contribution >= 4 is 17.5 Å². The molecule has 0 saturated heterocycles. The van der Waals surface area contributed by atoms with Gasteiger partial charge in [-0.1, -0.05) is 0 Å². The van der Waals surface area contributed by atoms with E-state index in [1.54, 1.807) is 0 Å². The lowest BCUT2D eigenvalue weighted by Gasteiger charge is -2.10. The van der Waals surface area contributed by atoms with Crippen molar-refractivity contribution in [2.45, 2.75) is 0 Å². The quantitative estimate of drug-likeness (QED) is 0.410. The summed E-state index contributed by atoms with van der Waals surface area (Å²) in [5.41, 5.74) is 6.24. The zero-order chi connectivity index (χ0) is 14.3. The predicted octanol–water partition coefficient (Wildman–Crippen LogP) is -1.29. The van der Waals surface area contributed by atoms with Crippen LogP contribution in [0.2, 0.25) is 0 Å². The maximum absolute atomic E-state index is 11.8. The number of aliphatic hydroxyl groups excluding tert-OH is 2. The first-order chi connectivity index (χ1) is 9.10. The molecule has 0 bridgehead atoms. The van der Waals surface area contributed by atoms with Crippen molar-refractivity contribution in [1.82, 2.24) is 10.6 Å². The lowest BCUT2D eigenvalue weighted by atomic mass is 10.0. The van der Waals surface area contributed by atoms with Crippen molar-refractivity contribution in [2.24, 2.45) is 0 Å². The second-order valence-corrected chi connectivity index (χ2v) is 3.76. The third kappa shape index (κ3) is 4.23. The molecule has 7 heteroatoms. The first-order valence-electron chi connectivity index (χ1n) is 5.77. The molecule has 19 heavy (non-hydrogen) atoms. The minimum absolute atomic E-state index is 0.0886. The first-order valence-corrected chi connectivity index (χ1v) is 5.77. The standard InChI is InChI=1S/C12H17N3O4/c13-8-1-2-9(11(18)14-3-5-16)10(7-8)12(19)15-4-6-17/h1-2,7,16-17H,3-6,13H2,(H,14,18)(H,15,19). The van der Waals surface area contributed by atoms with Gasteiger partial charge < -0.3 is 26.6 Å². The van der Waals surface area contributed by atoms with Crippen LogP contribution < -0.4 is 16.4 Å². The summed E-state index contributed by atoms with van der Waals surface area (Å²) in [5, 5.41) is 22.2. The van der Waals surface area contributed by atoms with Crippen LogP contribution in [0.25, 0.3) is 0 Å². The number of carbonyl (C=O) groups is 2. The van der Waals surface area contributed by atoms with Crippen LogP contribution in [0.4, 0.5) is 5.69 Å². The van der Waals surface area contributed by atoms with E-state index in [-0.39, 0.29) is 37.4 Å². The predicted molar refractivity (Wildman–Crippen MR) is 69.7 cm³/mol. The highest BCUT2D eigenvalue weighted by molar-refractivity contribution is 6.07. The number of aliphatic hydroxyl groups is 2. The summed E-state index contributed by atoms with van der Waals surface area (Å²) in [6.45, 7) is -0.195. The number of nitrogens with two attached hydrogens (primary N) is 1. The van der Waals surface area contributed by atoms with Gasteiger partial charge in [-0.15, -0.1) is 0 Å². The first kappa shape index (κ1) is 14.9. The van der Waals surface area contributed by atoms with Crippen molar-refractivity contribution in [3.8, 4) is 0 Å². The molecule has 1 aromatic carbocycles. The fourth-order valence-corrected chi connectivity index (χ4v) is 1.48. The molecular weight excluding hydrogens is 250 g/mol. The third-order valence-corrected chi connectivity index (χ3v) is 2.33. The largest absolute Gasteiger partial charge is 0.399 e. The topological polar surface area (TPSA) is 125 Å². The van der Waals surface area contributed by atoms with Gasteiger partial charge in [0.25, 0.3) is 11.8 Å². The van der Waals surface area contributed by atoms with E-state index in [9.17, 15) is 9.59 Å². The number of carbonyl (C=O) groups excluding carboxylic acids is 2. The van der Waals surface area contributed by atoms with Gasteiger partial charge in [0.1, 0.15) is 0 Å². The Morgan fingerprint density at radius 3 is 2.05 bits per heavy atom. The van der Waals surface area contributed by atoms with Crippen LogP contribution >= 0.6 is 0 Å². The normalized spacial score (nSPS) is 10.0. The summed E-state index contributed by atoms with van der Waals surface area (Å²) in [6, 6.07) is 4.34. The van der Waals surface area contributed by atoms with E-state index in [0.717, 1.165) is 0 Å². The number of nitrogen functional groups attached to an aromatic ring is 1. The summed E-state index contributed by atoms with van der Waals surface area (Å²) in [7, 11) is 0. The van der Waals surface area contributed by atoms with Gasteiger partial charge in [0.05, 0.1) is 24.3 Å². The van der Waals surface area contributed by atoms with Gasteiger partial charge in [-0.2, -0.15) is 0 Å².